The molecule has 0 aliphatic heterocycles. The number of anilines is 1. The summed E-state index contributed by atoms with van der Waals surface area (Å²) >= 11 is 18.9. The molecule has 4 atom stereocenters. The van der Waals surface area contributed by atoms with Gasteiger partial charge in [-0.25, -0.2) is 4.39 Å². The second kappa shape index (κ2) is 12.6. The molecule has 0 spiro atoms. The van der Waals surface area contributed by atoms with Crippen molar-refractivity contribution in [3.8, 4) is 0 Å². The second-order valence-corrected chi connectivity index (χ2v) is 11.1. The number of carbonyl (C=O) groups is 1. The number of benzene rings is 2. The molecular weight excluding hydrogens is 492 g/mol. The van der Waals surface area contributed by atoms with Crippen LogP contribution in [0.5, 0.6) is 0 Å². The van der Waals surface area contributed by atoms with Gasteiger partial charge in [0.15, 0.2) is 0 Å². The van der Waals surface area contributed by atoms with E-state index in [9.17, 15) is 9.18 Å². The van der Waals surface area contributed by atoms with Crippen LogP contribution in [0, 0.1) is 29.5 Å². The van der Waals surface area contributed by atoms with Crippen LogP contribution >= 0.6 is 34.8 Å². The molecule has 0 saturated heterocycles. The van der Waals surface area contributed by atoms with Crippen LogP contribution in [0.25, 0.3) is 0 Å². The van der Waals surface area contributed by atoms with E-state index in [2.05, 4.69) is 19.2 Å². The van der Waals surface area contributed by atoms with E-state index in [1.165, 1.54) is 17.7 Å². The first kappa shape index (κ1) is 27.3. The van der Waals surface area contributed by atoms with Crippen molar-refractivity contribution in [2.24, 2.45) is 23.7 Å². The molecular formula is C28H35Cl3FNO. The number of amides is 1. The highest BCUT2D eigenvalue weighted by molar-refractivity contribution is 6.36. The zero-order valence-electron chi connectivity index (χ0n) is 20.3. The van der Waals surface area contributed by atoms with Gasteiger partial charge in [0.1, 0.15) is 5.82 Å². The van der Waals surface area contributed by atoms with Gasteiger partial charge in [-0.1, -0.05) is 81.3 Å². The summed E-state index contributed by atoms with van der Waals surface area (Å²) in [5.74, 6) is 0.783. The summed E-state index contributed by atoms with van der Waals surface area (Å²) in [6.45, 7) is 6.38. The number of rotatable bonds is 7. The van der Waals surface area contributed by atoms with Gasteiger partial charge in [-0.3, -0.25) is 4.79 Å². The Balaban J connectivity index is 1.54. The molecule has 6 heteroatoms. The van der Waals surface area contributed by atoms with Gasteiger partial charge in [-0.05, 0) is 84.9 Å². The first-order valence-electron chi connectivity index (χ1n) is 12.4. The highest BCUT2D eigenvalue weighted by Gasteiger charge is 2.30. The summed E-state index contributed by atoms with van der Waals surface area (Å²) in [4.78, 5) is 12.9. The third-order valence-electron chi connectivity index (χ3n) is 7.57. The van der Waals surface area contributed by atoms with Crippen molar-refractivity contribution in [3.63, 3.8) is 0 Å². The van der Waals surface area contributed by atoms with E-state index in [-0.39, 0.29) is 16.8 Å². The number of carbonyl (C=O) groups excluding carboxylic acids is 1. The fraction of sp³-hybridized carbons (Fsp3) is 0.536. The summed E-state index contributed by atoms with van der Waals surface area (Å²) in [5, 5.41) is 4.49. The maximum absolute atomic E-state index is 13.4. The van der Waals surface area contributed by atoms with Gasteiger partial charge in [0.05, 0.1) is 5.02 Å². The molecule has 2 aromatic carbocycles. The van der Waals surface area contributed by atoms with Gasteiger partial charge in [0.2, 0.25) is 5.91 Å². The van der Waals surface area contributed by atoms with Gasteiger partial charge in [-0.15, -0.1) is 0 Å². The fourth-order valence-corrected chi connectivity index (χ4v) is 6.19. The molecule has 1 amide bonds. The van der Waals surface area contributed by atoms with Gasteiger partial charge < -0.3 is 5.32 Å². The predicted octanol–water partition coefficient (Wildman–Crippen LogP) is 9.39. The smallest absolute Gasteiger partial charge is 0.227 e. The van der Waals surface area contributed by atoms with Crippen LogP contribution in [0.4, 0.5) is 10.1 Å². The Kier molecular flexibility index (Phi) is 10.1. The average Bonchev–Trinajstić information content (AvgIpc) is 2.79. The first-order chi connectivity index (χ1) is 16.2. The summed E-state index contributed by atoms with van der Waals surface area (Å²) in [6.07, 6.45) is 8.47. The topological polar surface area (TPSA) is 29.1 Å². The van der Waals surface area contributed by atoms with Crippen LogP contribution in [0.15, 0.2) is 30.3 Å². The van der Waals surface area contributed by atoms with Crippen molar-refractivity contribution in [3.05, 3.63) is 62.3 Å². The monoisotopic (exact) mass is 525 g/mol. The van der Waals surface area contributed by atoms with E-state index in [0.717, 1.165) is 67.0 Å². The van der Waals surface area contributed by atoms with Crippen LogP contribution in [-0.4, -0.2) is 5.91 Å². The molecule has 0 aromatic heterocycles. The molecule has 1 aliphatic carbocycles. The molecule has 0 bridgehead atoms. The highest BCUT2D eigenvalue weighted by atomic mass is 35.5. The van der Waals surface area contributed by atoms with E-state index in [1.807, 2.05) is 19.1 Å². The van der Waals surface area contributed by atoms with E-state index >= 15 is 0 Å². The lowest BCUT2D eigenvalue weighted by molar-refractivity contribution is -0.121. The molecule has 0 radical (unpaired) electrons. The Morgan fingerprint density at radius 3 is 2.41 bits per heavy atom. The van der Waals surface area contributed by atoms with Gasteiger partial charge >= 0.3 is 0 Å². The second-order valence-electron chi connectivity index (χ2n) is 9.85. The number of nitrogens with one attached hydrogen (secondary N) is 1. The molecule has 1 fully saturated rings. The average molecular weight is 527 g/mol. The maximum atomic E-state index is 13.4. The molecule has 4 unspecified atom stereocenters. The Hall–Kier alpha value is -1.29. The van der Waals surface area contributed by atoms with Crippen LogP contribution in [0.1, 0.15) is 70.4 Å². The third-order valence-corrected chi connectivity index (χ3v) is 8.53. The van der Waals surface area contributed by atoms with E-state index < -0.39 is 5.82 Å². The Bertz CT molecular complexity index is 973. The minimum Gasteiger partial charge on any atom is -0.326 e. The van der Waals surface area contributed by atoms with E-state index in [4.69, 9.17) is 34.8 Å². The standard InChI is InChI=1S/C28H35Cl3FNO/c1-4-19-14-24(29)23(25(30)15-19)12-10-20-6-5-7-22(17(2)8-9-20)18(3)28(34)33-21-11-13-27(32)26(31)16-21/h11,13-18,20,22H,4-10,12H2,1-3H3,(H,33,34). The van der Waals surface area contributed by atoms with Crippen molar-refractivity contribution < 1.29 is 9.18 Å². The molecule has 34 heavy (non-hydrogen) atoms. The maximum Gasteiger partial charge on any atom is 0.227 e. The summed E-state index contributed by atoms with van der Waals surface area (Å²) in [5.41, 5.74) is 2.77. The molecule has 2 nitrogen and oxygen atoms in total. The van der Waals surface area contributed by atoms with E-state index in [1.54, 1.807) is 6.07 Å². The van der Waals surface area contributed by atoms with Crippen molar-refractivity contribution in [1.82, 2.24) is 0 Å². The molecule has 1 aliphatic rings. The lowest BCUT2D eigenvalue weighted by Crippen LogP contribution is -2.32. The summed E-state index contributed by atoms with van der Waals surface area (Å²) < 4.78 is 13.4. The SMILES string of the molecule is CCc1cc(Cl)c(CCC2CCCC(C(C)C(=O)Nc3ccc(F)c(Cl)c3)C(C)CC2)c(Cl)c1. The number of hydrogen-bond donors (Lipinski definition) is 1. The predicted molar refractivity (Wildman–Crippen MR) is 143 cm³/mol. The quantitative estimate of drug-likeness (QED) is 0.382. The van der Waals surface area contributed by atoms with Crippen LogP contribution in [-0.2, 0) is 17.6 Å². The molecule has 1 N–H and O–H groups in total. The summed E-state index contributed by atoms with van der Waals surface area (Å²) in [7, 11) is 0. The van der Waals surface area contributed by atoms with Crippen molar-refractivity contribution >= 4 is 46.4 Å². The van der Waals surface area contributed by atoms with Crippen LogP contribution in [0.3, 0.4) is 0 Å². The van der Waals surface area contributed by atoms with E-state index in [0.29, 0.717) is 23.4 Å². The van der Waals surface area contributed by atoms with Gasteiger partial charge in [0, 0.05) is 21.7 Å². The van der Waals surface area contributed by atoms with Crippen LogP contribution < -0.4 is 5.32 Å². The Morgan fingerprint density at radius 2 is 1.76 bits per heavy atom. The summed E-state index contributed by atoms with van der Waals surface area (Å²) in [6, 6.07) is 8.37. The van der Waals surface area contributed by atoms with Crippen molar-refractivity contribution in [2.45, 2.75) is 72.1 Å². The number of aryl methyl sites for hydroxylation is 1. The zero-order valence-corrected chi connectivity index (χ0v) is 22.5. The Morgan fingerprint density at radius 1 is 1.06 bits per heavy atom. The third kappa shape index (κ3) is 7.12. The normalized spacial score (nSPS) is 22.0. The largest absolute Gasteiger partial charge is 0.326 e. The fourth-order valence-electron chi connectivity index (χ4n) is 5.29. The number of hydrogen-bond acceptors (Lipinski definition) is 1. The number of halogens is 4. The minimum atomic E-state index is -0.488. The lowest BCUT2D eigenvalue weighted by Gasteiger charge is -2.33. The molecule has 2 aromatic rings. The first-order valence-corrected chi connectivity index (χ1v) is 13.6. The lowest BCUT2D eigenvalue weighted by atomic mass is 9.73. The van der Waals surface area contributed by atoms with Crippen molar-refractivity contribution in [1.29, 1.82) is 0 Å². The van der Waals surface area contributed by atoms with Gasteiger partial charge in [-0.2, -0.15) is 0 Å². The molecule has 3 rings (SSSR count). The highest BCUT2D eigenvalue weighted by Crippen LogP contribution is 2.37. The zero-order chi connectivity index (χ0) is 24.8. The Labute approximate surface area is 218 Å². The van der Waals surface area contributed by atoms with Crippen LogP contribution in [0.2, 0.25) is 15.1 Å². The van der Waals surface area contributed by atoms with Crippen molar-refractivity contribution in [2.75, 3.05) is 5.32 Å². The van der Waals surface area contributed by atoms with Gasteiger partial charge in [0.25, 0.3) is 0 Å². The minimum absolute atomic E-state index is 0.0136. The molecule has 1 saturated carbocycles. The molecule has 186 valence electrons. The molecule has 0 heterocycles.